The molecule has 0 aromatic rings. The maximum atomic E-state index is 5.66. The van der Waals surface area contributed by atoms with Crippen LogP contribution in [0.3, 0.4) is 0 Å². The molecule has 1 unspecified atom stereocenters. The van der Waals surface area contributed by atoms with Crippen molar-refractivity contribution in [3.63, 3.8) is 0 Å². The van der Waals surface area contributed by atoms with Gasteiger partial charge in [0.25, 0.3) is 0 Å². The van der Waals surface area contributed by atoms with E-state index in [0.717, 1.165) is 24.8 Å². The average Bonchev–Trinajstić information content (AvgIpc) is 3.10. The van der Waals surface area contributed by atoms with Crippen molar-refractivity contribution in [2.24, 2.45) is 10.9 Å². The van der Waals surface area contributed by atoms with E-state index in [-0.39, 0.29) is 5.54 Å². The Bertz CT molecular complexity index is 428. The molecule has 0 spiro atoms. The number of hydrogen-bond acceptors (Lipinski definition) is 2. The summed E-state index contributed by atoms with van der Waals surface area (Å²) >= 11 is 0. The third-order valence-electron chi connectivity index (χ3n) is 7.05. The third kappa shape index (κ3) is 17.7. The van der Waals surface area contributed by atoms with Crippen LogP contribution in [0.1, 0.15) is 163 Å². The lowest BCUT2D eigenvalue weighted by Crippen LogP contribution is -2.17. The number of nitrogens with zero attached hydrogens (tertiary/aromatic N) is 1. The van der Waals surface area contributed by atoms with Crippen molar-refractivity contribution in [2.45, 2.75) is 168 Å². The zero-order valence-corrected chi connectivity index (χ0v) is 22.0. The average molecular weight is 436 g/mol. The van der Waals surface area contributed by atoms with E-state index in [4.69, 9.17) is 4.74 Å². The Kier molecular flexibility index (Phi) is 17.5. The Labute approximate surface area is 196 Å². The summed E-state index contributed by atoms with van der Waals surface area (Å²) in [6.45, 7) is 9.78. The maximum absolute atomic E-state index is 5.66. The van der Waals surface area contributed by atoms with E-state index in [1.165, 1.54) is 128 Å². The minimum Gasteiger partial charge on any atom is -0.478 e. The molecule has 0 fully saturated rings. The summed E-state index contributed by atoms with van der Waals surface area (Å²) in [6.07, 6.45) is 29.7. The summed E-state index contributed by atoms with van der Waals surface area (Å²) in [5.74, 6) is 1.94. The minimum absolute atomic E-state index is 0.0155. The van der Waals surface area contributed by atoms with Crippen LogP contribution >= 0.6 is 0 Å². The Morgan fingerprint density at radius 3 is 1.42 bits per heavy atom. The highest BCUT2D eigenvalue weighted by atomic mass is 16.5. The van der Waals surface area contributed by atoms with Crippen LogP contribution in [0.4, 0.5) is 0 Å². The lowest BCUT2D eigenvalue weighted by molar-refractivity contribution is 0.273. The molecule has 2 heteroatoms. The highest BCUT2D eigenvalue weighted by Gasteiger charge is 2.25. The predicted molar refractivity (Wildman–Crippen MR) is 139 cm³/mol. The number of ether oxygens (including phenoxy) is 1. The van der Waals surface area contributed by atoms with Crippen molar-refractivity contribution in [1.29, 1.82) is 0 Å². The molecule has 1 heterocycles. The van der Waals surface area contributed by atoms with Gasteiger partial charge in [0.15, 0.2) is 5.90 Å². The molecule has 0 saturated carbocycles. The van der Waals surface area contributed by atoms with Gasteiger partial charge in [-0.05, 0) is 26.2 Å². The van der Waals surface area contributed by atoms with Crippen LogP contribution in [0.2, 0.25) is 0 Å². The van der Waals surface area contributed by atoms with Crippen molar-refractivity contribution in [3.8, 4) is 0 Å². The fourth-order valence-electron chi connectivity index (χ4n) is 4.59. The Hall–Kier alpha value is -0.530. The Morgan fingerprint density at radius 2 is 1.06 bits per heavy atom. The second-order valence-corrected chi connectivity index (χ2v) is 11.0. The zero-order valence-electron chi connectivity index (χ0n) is 22.0. The summed E-state index contributed by atoms with van der Waals surface area (Å²) in [5, 5.41) is 0. The monoisotopic (exact) mass is 435 g/mol. The highest BCUT2D eigenvalue weighted by molar-refractivity contribution is 5.78. The number of unbranched alkanes of at least 4 members (excludes halogenated alkanes) is 17. The van der Waals surface area contributed by atoms with Crippen molar-refractivity contribution in [2.75, 3.05) is 6.61 Å². The van der Waals surface area contributed by atoms with Crippen molar-refractivity contribution < 1.29 is 4.74 Å². The first-order valence-electron chi connectivity index (χ1n) is 14.2. The first kappa shape index (κ1) is 28.5. The minimum atomic E-state index is 0.0155. The third-order valence-corrected chi connectivity index (χ3v) is 7.05. The van der Waals surface area contributed by atoms with Gasteiger partial charge in [0.05, 0.1) is 5.54 Å². The molecule has 0 aliphatic carbocycles. The molecule has 31 heavy (non-hydrogen) atoms. The van der Waals surface area contributed by atoms with Gasteiger partial charge in [0, 0.05) is 6.42 Å². The normalized spacial score (nSPS) is 16.3. The van der Waals surface area contributed by atoms with E-state index in [2.05, 4.69) is 32.7 Å². The van der Waals surface area contributed by atoms with Gasteiger partial charge in [-0.25, -0.2) is 4.99 Å². The van der Waals surface area contributed by atoms with E-state index in [9.17, 15) is 0 Å². The van der Waals surface area contributed by atoms with Crippen molar-refractivity contribution in [3.05, 3.63) is 0 Å². The standard InChI is InChI=1S/C29H57NO/c1-5-27(2)24-22-20-18-16-14-12-10-8-6-7-9-11-13-15-17-19-21-23-25-28-30-29(3,4)26-31-28/h27H,5-26H2,1-4H3. The smallest absolute Gasteiger partial charge is 0.183 e. The first-order valence-corrected chi connectivity index (χ1v) is 14.2. The van der Waals surface area contributed by atoms with Crippen LogP contribution in [-0.2, 0) is 4.74 Å². The molecule has 1 aliphatic heterocycles. The van der Waals surface area contributed by atoms with Crippen LogP contribution in [0.25, 0.3) is 0 Å². The van der Waals surface area contributed by atoms with Crippen LogP contribution in [-0.4, -0.2) is 18.0 Å². The fraction of sp³-hybridized carbons (Fsp3) is 0.966. The molecule has 0 bridgehead atoms. The lowest BCUT2D eigenvalue weighted by Gasteiger charge is -2.07. The molecule has 1 rings (SSSR count). The molecule has 184 valence electrons. The molecular formula is C29H57NO. The first-order chi connectivity index (χ1) is 15.0. The van der Waals surface area contributed by atoms with Gasteiger partial charge < -0.3 is 4.74 Å². The van der Waals surface area contributed by atoms with Gasteiger partial charge >= 0.3 is 0 Å². The van der Waals surface area contributed by atoms with Crippen LogP contribution < -0.4 is 0 Å². The van der Waals surface area contributed by atoms with Gasteiger partial charge in [-0.2, -0.15) is 0 Å². The fourth-order valence-corrected chi connectivity index (χ4v) is 4.59. The summed E-state index contributed by atoms with van der Waals surface area (Å²) in [4.78, 5) is 4.64. The maximum Gasteiger partial charge on any atom is 0.183 e. The van der Waals surface area contributed by atoms with Gasteiger partial charge in [0.1, 0.15) is 6.61 Å². The molecule has 0 aromatic carbocycles. The molecule has 0 amide bonds. The van der Waals surface area contributed by atoms with Crippen LogP contribution in [0.15, 0.2) is 4.99 Å². The Morgan fingerprint density at radius 1 is 0.677 bits per heavy atom. The molecule has 1 atom stereocenters. The molecule has 0 saturated heterocycles. The Balaban J connectivity index is 1.68. The van der Waals surface area contributed by atoms with Gasteiger partial charge in [-0.3, -0.25) is 0 Å². The quantitative estimate of drug-likeness (QED) is 0.155. The largest absolute Gasteiger partial charge is 0.478 e. The molecule has 2 nitrogen and oxygen atoms in total. The van der Waals surface area contributed by atoms with E-state index in [0.29, 0.717) is 0 Å². The lowest BCUT2D eigenvalue weighted by atomic mass is 9.99. The van der Waals surface area contributed by atoms with E-state index in [1.807, 2.05) is 0 Å². The van der Waals surface area contributed by atoms with Crippen LogP contribution in [0, 0.1) is 5.92 Å². The molecule has 1 aliphatic rings. The number of aliphatic imine (C=N–C) groups is 1. The van der Waals surface area contributed by atoms with E-state index in [1.54, 1.807) is 0 Å². The summed E-state index contributed by atoms with van der Waals surface area (Å²) < 4.78 is 5.66. The number of hydrogen-bond donors (Lipinski definition) is 0. The van der Waals surface area contributed by atoms with E-state index < -0.39 is 0 Å². The second-order valence-electron chi connectivity index (χ2n) is 11.0. The summed E-state index contributed by atoms with van der Waals surface area (Å²) in [7, 11) is 0. The van der Waals surface area contributed by atoms with Crippen LogP contribution in [0.5, 0.6) is 0 Å². The van der Waals surface area contributed by atoms with Gasteiger partial charge in [-0.1, -0.05) is 136 Å². The molecule has 0 radical (unpaired) electrons. The summed E-state index contributed by atoms with van der Waals surface area (Å²) in [6, 6.07) is 0. The van der Waals surface area contributed by atoms with Gasteiger partial charge in [0.2, 0.25) is 0 Å². The molecule has 0 N–H and O–H groups in total. The predicted octanol–water partition coefficient (Wildman–Crippen LogP) is 10.0. The highest BCUT2D eigenvalue weighted by Crippen LogP contribution is 2.20. The SMILES string of the molecule is CCC(C)CCCCCCCCCCCCCCCCCCCCC1=NC(C)(C)CO1. The topological polar surface area (TPSA) is 21.6 Å². The summed E-state index contributed by atoms with van der Waals surface area (Å²) in [5.41, 5.74) is 0.0155. The second kappa shape index (κ2) is 19.0. The molecule has 0 aromatic heterocycles. The van der Waals surface area contributed by atoms with Gasteiger partial charge in [-0.15, -0.1) is 0 Å². The number of rotatable bonds is 22. The van der Waals surface area contributed by atoms with E-state index >= 15 is 0 Å². The van der Waals surface area contributed by atoms with Crippen molar-refractivity contribution >= 4 is 5.90 Å². The zero-order chi connectivity index (χ0) is 22.6. The molecular weight excluding hydrogens is 378 g/mol. The van der Waals surface area contributed by atoms with Crippen molar-refractivity contribution in [1.82, 2.24) is 0 Å².